The molecule has 0 aliphatic rings. The van der Waals surface area contributed by atoms with Crippen LogP contribution in [0.3, 0.4) is 0 Å². The first-order valence-corrected chi connectivity index (χ1v) is 6.87. The van der Waals surface area contributed by atoms with Crippen molar-refractivity contribution in [2.24, 2.45) is 5.41 Å². The van der Waals surface area contributed by atoms with E-state index in [0.29, 0.717) is 23.1 Å². The largest absolute Gasteiger partial charge is 0.392 e. The Morgan fingerprint density at radius 1 is 1.28 bits per heavy atom. The molecule has 18 heavy (non-hydrogen) atoms. The van der Waals surface area contributed by atoms with Gasteiger partial charge in [0.25, 0.3) is 0 Å². The zero-order chi connectivity index (χ0) is 13.8. The summed E-state index contributed by atoms with van der Waals surface area (Å²) < 4.78 is 0. The molecule has 0 aliphatic carbocycles. The molecule has 4 heteroatoms. The molecule has 2 N–H and O–H groups in total. The van der Waals surface area contributed by atoms with Gasteiger partial charge < -0.3 is 10.4 Å². The molecular formula is C14H21Cl2NO. The SMILES string of the molecule is CC(C)(C)CC(O)CNCc1cccc(Cl)c1Cl. The molecule has 1 rings (SSSR count). The fraction of sp³-hybridized carbons (Fsp3) is 0.571. The van der Waals surface area contributed by atoms with E-state index in [4.69, 9.17) is 23.2 Å². The van der Waals surface area contributed by atoms with Gasteiger partial charge in [-0.15, -0.1) is 0 Å². The van der Waals surface area contributed by atoms with Crippen LogP contribution in [0.4, 0.5) is 0 Å². The summed E-state index contributed by atoms with van der Waals surface area (Å²) in [6.07, 6.45) is 0.423. The number of nitrogens with one attached hydrogen (secondary N) is 1. The molecule has 1 aromatic carbocycles. The predicted molar refractivity (Wildman–Crippen MR) is 78.2 cm³/mol. The Bertz CT molecular complexity index is 388. The van der Waals surface area contributed by atoms with E-state index in [1.807, 2.05) is 12.1 Å². The first-order valence-electron chi connectivity index (χ1n) is 6.11. The molecule has 0 heterocycles. The highest BCUT2D eigenvalue weighted by Crippen LogP contribution is 2.25. The smallest absolute Gasteiger partial charge is 0.0669 e. The van der Waals surface area contributed by atoms with Gasteiger partial charge in [-0.2, -0.15) is 0 Å². The molecule has 0 saturated heterocycles. The third-order valence-electron chi connectivity index (χ3n) is 2.57. The molecule has 0 amide bonds. The van der Waals surface area contributed by atoms with E-state index in [-0.39, 0.29) is 11.5 Å². The molecule has 0 aromatic heterocycles. The zero-order valence-electron chi connectivity index (χ0n) is 11.1. The number of benzene rings is 1. The van der Waals surface area contributed by atoms with Crippen LogP contribution in [0.15, 0.2) is 18.2 Å². The Morgan fingerprint density at radius 3 is 2.56 bits per heavy atom. The predicted octanol–water partition coefficient (Wildman–Crippen LogP) is 3.88. The van der Waals surface area contributed by atoms with Gasteiger partial charge in [0.05, 0.1) is 16.1 Å². The van der Waals surface area contributed by atoms with Gasteiger partial charge >= 0.3 is 0 Å². The van der Waals surface area contributed by atoms with Gasteiger partial charge in [-0.3, -0.25) is 0 Å². The van der Waals surface area contributed by atoms with Crippen molar-refractivity contribution in [2.75, 3.05) is 6.54 Å². The number of aliphatic hydroxyl groups is 1. The molecule has 0 saturated carbocycles. The highest BCUT2D eigenvalue weighted by atomic mass is 35.5. The Kier molecular flexibility index (Phi) is 5.93. The fourth-order valence-corrected chi connectivity index (χ4v) is 2.22. The lowest BCUT2D eigenvalue weighted by molar-refractivity contribution is 0.119. The van der Waals surface area contributed by atoms with Crippen molar-refractivity contribution >= 4 is 23.2 Å². The third-order valence-corrected chi connectivity index (χ3v) is 3.43. The topological polar surface area (TPSA) is 32.3 Å². The van der Waals surface area contributed by atoms with Crippen molar-refractivity contribution in [1.82, 2.24) is 5.32 Å². The number of rotatable bonds is 5. The van der Waals surface area contributed by atoms with Crippen molar-refractivity contribution in [3.05, 3.63) is 33.8 Å². The van der Waals surface area contributed by atoms with Crippen LogP contribution >= 0.6 is 23.2 Å². The highest BCUT2D eigenvalue weighted by molar-refractivity contribution is 6.42. The average Bonchev–Trinajstić information content (AvgIpc) is 2.21. The Hall–Kier alpha value is -0.280. The van der Waals surface area contributed by atoms with Crippen LogP contribution in [0.5, 0.6) is 0 Å². The summed E-state index contributed by atoms with van der Waals surface area (Å²) >= 11 is 12.0. The van der Waals surface area contributed by atoms with E-state index < -0.39 is 0 Å². The van der Waals surface area contributed by atoms with Gasteiger partial charge in [-0.25, -0.2) is 0 Å². The minimum atomic E-state index is -0.344. The first-order chi connectivity index (χ1) is 8.29. The second kappa shape index (κ2) is 6.76. The second-order valence-corrected chi connectivity index (χ2v) is 6.55. The molecule has 1 aromatic rings. The molecule has 0 bridgehead atoms. The van der Waals surface area contributed by atoms with Gasteiger partial charge in [0.2, 0.25) is 0 Å². The zero-order valence-corrected chi connectivity index (χ0v) is 12.6. The van der Waals surface area contributed by atoms with Crippen molar-refractivity contribution in [2.45, 2.75) is 39.8 Å². The van der Waals surface area contributed by atoms with E-state index in [9.17, 15) is 5.11 Å². The Morgan fingerprint density at radius 2 is 1.94 bits per heavy atom. The Labute approximate surface area is 119 Å². The van der Waals surface area contributed by atoms with Gasteiger partial charge in [0.15, 0.2) is 0 Å². The molecule has 0 spiro atoms. The number of aliphatic hydroxyl groups excluding tert-OH is 1. The van der Waals surface area contributed by atoms with E-state index in [0.717, 1.165) is 12.0 Å². The summed E-state index contributed by atoms with van der Waals surface area (Å²) in [5.74, 6) is 0. The van der Waals surface area contributed by atoms with Crippen molar-refractivity contribution < 1.29 is 5.11 Å². The lowest BCUT2D eigenvalue weighted by atomic mass is 9.89. The van der Waals surface area contributed by atoms with Crippen LogP contribution in [0.25, 0.3) is 0 Å². The lowest BCUT2D eigenvalue weighted by Crippen LogP contribution is -2.29. The first kappa shape index (κ1) is 15.8. The van der Waals surface area contributed by atoms with Gasteiger partial charge in [-0.05, 0) is 23.5 Å². The summed E-state index contributed by atoms with van der Waals surface area (Å²) in [4.78, 5) is 0. The molecule has 0 fully saturated rings. The quantitative estimate of drug-likeness (QED) is 0.862. The van der Waals surface area contributed by atoms with Crippen LogP contribution < -0.4 is 5.32 Å². The number of hydrogen-bond donors (Lipinski definition) is 2. The summed E-state index contributed by atoms with van der Waals surface area (Å²) in [5, 5.41) is 14.2. The van der Waals surface area contributed by atoms with E-state index in [1.54, 1.807) is 6.07 Å². The monoisotopic (exact) mass is 289 g/mol. The van der Waals surface area contributed by atoms with E-state index in [2.05, 4.69) is 26.1 Å². The Balaban J connectivity index is 2.40. The summed E-state index contributed by atoms with van der Waals surface area (Å²) in [6.45, 7) is 7.51. The van der Waals surface area contributed by atoms with Crippen LogP contribution in [0.2, 0.25) is 10.0 Å². The normalized spacial score (nSPS) is 13.7. The third kappa shape index (κ3) is 5.57. The van der Waals surface area contributed by atoms with Crippen molar-refractivity contribution in [3.63, 3.8) is 0 Å². The number of halogens is 2. The molecular weight excluding hydrogens is 269 g/mol. The van der Waals surface area contributed by atoms with Gasteiger partial charge in [-0.1, -0.05) is 56.1 Å². The average molecular weight is 290 g/mol. The maximum atomic E-state index is 9.87. The highest BCUT2D eigenvalue weighted by Gasteiger charge is 2.16. The van der Waals surface area contributed by atoms with Crippen LogP contribution in [-0.4, -0.2) is 17.8 Å². The summed E-state index contributed by atoms with van der Waals surface area (Å²) in [7, 11) is 0. The molecule has 102 valence electrons. The molecule has 0 radical (unpaired) electrons. The second-order valence-electron chi connectivity index (χ2n) is 5.76. The molecule has 1 atom stereocenters. The van der Waals surface area contributed by atoms with Crippen molar-refractivity contribution in [3.8, 4) is 0 Å². The standard InChI is InChI=1S/C14H21Cl2NO/c1-14(2,3)7-11(18)9-17-8-10-5-4-6-12(15)13(10)16/h4-6,11,17-18H,7-9H2,1-3H3. The fourth-order valence-electron chi connectivity index (χ4n) is 1.84. The molecule has 1 unspecified atom stereocenters. The van der Waals surface area contributed by atoms with Crippen molar-refractivity contribution in [1.29, 1.82) is 0 Å². The van der Waals surface area contributed by atoms with Crippen LogP contribution in [0, 0.1) is 5.41 Å². The van der Waals surface area contributed by atoms with Gasteiger partial charge in [0.1, 0.15) is 0 Å². The van der Waals surface area contributed by atoms with Crippen LogP contribution in [-0.2, 0) is 6.54 Å². The minimum Gasteiger partial charge on any atom is -0.392 e. The van der Waals surface area contributed by atoms with Crippen LogP contribution in [0.1, 0.15) is 32.8 Å². The maximum Gasteiger partial charge on any atom is 0.0669 e. The maximum absolute atomic E-state index is 9.87. The molecule has 2 nitrogen and oxygen atoms in total. The van der Waals surface area contributed by atoms with Gasteiger partial charge in [0, 0.05) is 13.1 Å². The summed E-state index contributed by atoms with van der Waals surface area (Å²) in [6, 6.07) is 5.57. The number of hydrogen-bond acceptors (Lipinski definition) is 2. The minimum absolute atomic E-state index is 0.134. The van der Waals surface area contributed by atoms with E-state index in [1.165, 1.54) is 0 Å². The molecule has 0 aliphatic heterocycles. The summed E-state index contributed by atoms with van der Waals surface area (Å²) in [5.41, 5.74) is 1.08. The lowest BCUT2D eigenvalue weighted by Gasteiger charge is -2.22. The van der Waals surface area contributed by atoms with E-state index >= 15 is 0 Å².